The highest BCUT2D eigenvalue weighted by Crippen LogP contribution is 2.21. The summed E-state index contributed by atoms with van der Waals surface area (Å²) in [5, 5.41) is 0. The third-order valence-corrected chi connectivity index (χ3v) is 1.57. The van der Waals surface area contributed by atoms with Crippen LogP contribution in [0.2, 0.25) is 0 Å². The minimum absolute atomic E-state index is 0.0744. The molecule has 0 radical (unpaired) electrons. The van der Waals surface area contributed by atoms with E-state index in [0.717, 1.165) is 6.07 Å². The lowest BCUT2D eigenvalue weighted by Crippen LogP contribution is -2.19. The van der Waals surface area contributed by atoms with Crippen molar-refractivity contribution in [2.24, 2.45) is 0 Å². The Morgan fingerprint density at radius 3 is 2.62 bits per heavy atom. The zero-order valence-corrected chi connectivity index (χ0v) is 8.25. The monoisotopic (exact) mass is 235 g/mol. The van der Waals surface area contributed by atoms with Crippen molar-refractivity contribution in [2.75, 3.05) is 13.7 Å². The van der Waals surface area contributed by atoms with Crippen LogP contribution in [-0.2, 0) is 0 Å². The molecule has 0 aliphatic rings. The lowest BCUT2D eigenvalue weighted by Gasteiger charge is -2.09. The molecule has 0 aliphatic carbocycles. The maximum Gasteiger partial charge on any atom is 0.422 e. The fourth-order valence-corrected chi connectivity index (χ4v) is 0.924. The molecule has 1 aromatic heterocycles. The van der Waals surface area contributed by atoms with E-state index >= 15 is 0 Å². The Morgan fingerprint density at radius 2 is 2.12 bits per heavy atom. The van der Waals surface area contributed by atoms with E-state index in [2.05, 4.69) is 9.72 Å². The van der Waals surface area contributed by atoms with Gasteiger partial charge in [-0.15, -0.1) is 0 Å². The summed E-state index contributed by atoms with van der Waals surface area (Å²) in [6.07, 6.45) is -3.95. The molecular weight excluding hydrogens is 227 g/mol. The van der Waals surface area contributed by atoms with Crippen LogP contribution in [0.1, 0.15) is 10.4 Å². The molecule has 16 heavy (non-hydrogen) atoms. The van der Waals surface area contributed by atoms with Crippen molar-refractivity contribution in [2.45, 2.75) is 6.18 Å². The van der Waals surface area contributed by atoms with Crippen LogP contribution in [0.25, 0.3) is 0 Å². The van der Waals surface area contributed by atoms with Gasteiger partial charge in [0.05, 0.1) is 12.7 Å². The first-order chi connectivity index (χ1) is 7.46. The highest BCUT2D eigenvalue weighted by atomic mass is 19.4. The highest BCUT2D eigenvalue weighted by molar-refractivity contribution is 5.78. The topological polar surface area (TPSA) is 48.4 Å². The van der Waals surface area contributed by atoms with Gasteiger partial charge in [0.25, 0.3) is 0 Å². The first-order valence-corrected chi connectivity index (χ1v) is 4.16. The van der Waals surface area contributed by atoms with Crippen molar-refractivity contribution in [1.29, 1.82) is 0 Å². The summed E-state index contributed by atoms with van der Waals surface area (Å²) in [5.74, 6) is -0.325. The van der Waals surface area contributed by atoms with Crippen LogP contribution in [0, 0.1) is 0 Å². The molecule has 0 spiro atoms. The molecule has 1 rings (SSSR count). The average molecular weight is 235 g/mol. The molecule has 0 aliphatic heterocycles. The van der Waals surface area contributed by atoms with Gasteiger partial charge in [-0.2, -0.15) is 18.2 Å². The number of nitrogens with zero attached hydrogens (tertiary/aromatic N) is 1. The zero-order chi connectivity index (χ0) is 12.2. The molecule has 0 saturated heterocycles. The van der Waals surface area contributed by atoms with Gasteiger partial charge in [0.15, 0.2) is 12.9 Å². The molecule has 0 unspecified atom stereocenters. The maximum absolute atomic E-state index is 11.8. The molecule has 0 bridgehead atoms. The maximum atomic E-state index is 11.8. The Bertz CT molecular complexity index is 379. The van der Waals surface area contributed by atoms with E-state index in [0.29, 0.717) is 6.29 Å². The van der Waals surface area contributed by atoms with Crippen molar-refractivity contribution in [3.05, 3.63) is 17.7 Å². The van der Waals surface area contributed by atoms with Crippen LogP contribution in [-0.4, -0.2) is 31.2 Å². The standard InChI is InChI=1S/C9H8F3NO3/c1-15-8-6(4-14)2-3-7(13-8)16-5-9(10,11)12/h2-4H,5H2,1H3. The molecule has 0 fully saturated rings. The Balaban J connectivity index is 2.79. The molecule has 4 nitrogen and oxygen atoms in total. The second-order valence-corrected chi connectivity index (χ2v) is 2.77. The second-order valence-electron chi connectivity index (χ2n) is 2.77. The summed E-state index contributed by atoms with van der Waals surface area (Å²) >= 11 is 0. The van der Waals surface area contributed by atoms with Crippen molar-refractivity contribution >= 4 is 6.29 Å². The largest absolute Gasteiger partial charge is 0.480 e. The Labute approximate surface area is 89.0 Å². The molecule has 0 aromatic carbocycles. The second kappa shape index (κ2) is 4.82. The fourth-order valence-electron chi connectivity index (χ4n) is 0.924. The van der Waals surface area contributed by atoms with Crippen LogP contribution in [0.3, 0.4) is 0 Å². The zero-order valence-electron chi connectivity index (χ0n) is 8.25. The smallest absolute Gasteiger partial charge is 0.422 e. The number of hydrogen-bond donors (Lipinski definition) is 0. The minimum atomic E-state index is -4.43. The van der Waals surface area contributed by atoms with Crippen LogP contribution >= 0.6 is 0 Å². The summed E-state index contributed by atoms with van der Waals surface area (Å²) in [6, 6.07) is 2.43. The van der Waals surface area contributed by atoms with Gasteiger partial charge < -0.3 is 9.47 Å². The quantitative estimate of drug-likeness (QED) is 0.747. The summed E-state index contributed by atoms with van der Waals surface area (Å²) in [6.45, 7) is -1.44. The van der Waals surface area contributed by atoms with Gasteiger partial charge in [0.2, 0.25) is 11.8 Å². The number of pyridine rings is 1. The number of alkyl halides is 3. The predicted octanol–water partition coefficient (Wildman–Crippen LogP) is 1.84. The Hall–Kier alpha value is -1.79. The number of rotatable bonds is 4. The SMILES string of the molecule is COc1nc(OCC(F)(F)F)ccc1C=O. The summed E-state index contributed by atoms with van der Waals surface area (Å²) in [4.78, 5) is 14.1. The molecule has 88 valence electrons. The number of ether oxygens (including phenoxy) is 2. The number of methoxy groups -OCH3 is 1. The Kier molecular flexibility index (Phi) is 3.70. The summed E-state index contributed by atoms with van der Waals surface area (Å²) in [7, 11) is 1.25. The molecular formula is C9H8F3NO3. The number of aldehydes is 1. The summed E-state index contributed by atoms with van der Waals surface area (Å²) in [5.41, 5.74) is 0.141. The van der Waals surface area contributed by atoms with Gasteiger partial charge in [0.1, 0.15) is 0 Å². The first kappa shape index (κ1) is 12.3. The van der Waals surface area contributed by atoms with E-state index in [4.69, 9.17) is 4.74 Å². The predicted molar refractivity (Wildman–Crippen MR) is 47.7 cm³/mol. The molecule has 1 aromatic rings. The van der Waals surface area contributed by atoms with Gasteiger partial charge in [0, 0.05) is 6.07 Å². The molecule has 1 heterocycles. The third-order valence-electron chi connectivity index (χ3n) is 1.57. The number of carbonyl (C=O) groups excluding carboxylic acids is 1. The van der Waals surface area contributed by atoms with E-state index in [9.17, 15) is 18.0 Å². The summed E-state index contributed by atoms with van der Waals surface area (Å²) < 4.78 is 44.6. The van der Waals surface area contributed by atoms with Crippen LogP contribution in [0.15, 0.2) is 12.1 Å². The van der Waals surface area contributed by atoms with Gasteiger partial charge in [-0.25, -0.2) is 0 Å². The molecule has 0 N–H and O–H groups in total. The van der Waals surface area contributed by atoms with Gasteiger partial charge in [-0.3, -0.25) is 4.79 Å². The van der Waals surface area contributed by atoms with E-state index in [-0.39, 0.29) is 17.3 Å². The normalized spacial score (nSPS) is 11.0. The highest BCUT2D eigenvalue weighted by Gasteiger charge is 2.28. The van der Waals surface area contributed by atoms with Gasteiger partial charge >= 0.3 is 6.18 Å². The Morgan fingerprint density at radius 1 is 1.44 bits per heavy atom. The lowest BCUT2D eigenvalue weighted by molar-refractivity contribution is -0.154. The number of carbonyl (C=O) groups is 1. The van der Waals surface area contributed by atoms with Crippen LogP contribution in [0.5, 0.6) is 11.8 Å². The minimum Gasteiger partial charge on any atom is -0.480 e. The van der Waals surface area contributed by atoms with Crippen molar-refractivity contribution in [1.82, 2.24) is 4.98 Å². The van der Waals surface area contributed by atoms with E-state index in [1.807, 2.05) is 0 Å². The van der Waals surface area contributed by atoms with E-state index < -0.39 is 12.8 Å². The van der Waals surface area contributed by atoms with E-state index in [1.54, 1.807) is 0 Å². The third kappa shape index (κ3) is 3.41. The number of hydrogen-bond acceptors (Lipinski definition) is 4. The van der Waals surface area contributed by atoms with Crippen LogP contribution in [0.4, 0.5) is 13.2 Å². The van der Waals surface area contributed by atoms with Gasteiger partial charge in [-0.05, 0) is 6.07 Å². The number of halogens is 3. The van der Waals surface area contributed by atoms with Crippen molar-refractivity contribution < 1.29 is 27.4 Å². The lowest BCUT2D eigenvalue weighted by atomic mass is 10.3. The van der Waals surface area contributed by atoms with Crippen molar-refractivity contribution in [3.63, 3.8) is 0 Å². The molecule has 0 atom stereocenters. The average Bonchev–Trinajstić information content (AvgIpc) is 2.25. The fraction of sp³-hybridized carbons (Fsp3) is 0.333. The number of aromatic nitrogens is 1. The molecule has 7 heteroatoms. The molecule has 0 saturated carbocycles. The first-order valence-electron chi connectivity index (χ1n) is 4.16. The molecule has 0 amide bonds. The van der Waals surface area contributed by atoms with Crippen LogP contribution < -0.4 is 9.47 Å². The van der Waals surface area contributed by atoms with E-state index in [1.165, 1.54) is 13.2 Å². The van der Waals surface area contributed by atoms with Gasteiger partial charge in [-0.1, -0.05) is 0 Å². The van der Waals surface area contributed by atoms with Crippen molar-refractivity contribution in [3.8, 4) is 11.8 Å².